The number of halogens is 1. The molecule has 18 heavy (non-hydrogen) atoms. The molecule has 102 valence electrons. The summed E-state index contributed by atoms with van der Waals surface area (Å²) in [6, 6.07) is 2.82. The van der Waals surface area contributed by atoms with E-state index in [1.54, 1.807) is 12.3 Å². The molecule has 4 heteroatoms. The molecule has 1 aromatic rings. The average molecular weight is 271 g/mol. The van der Waals surface area contributed by atoms with Gasteiger partial charge in [0.05, 0.1) is 0 Å². The number of aromatic nitrogens is 1. The van der Waals surface area contributed by atoms with Crippen LogP contribution in [0.5, 0.6) is 5.75 Å². The highest BCUT2D eigenvalue weighted by Gasteiger charge is 2.13. The number of pyridine rings is 1. The van der Waals surface area contributed by atoms with Crippen molar-refractivity contribution >= 4 is 11.6 Å². The molecule has 0 unspecified atom stereocenters. The Labute approximate surface area is 115 Å². The zero-order chi connectivity index (χ0) is 13.7. The van der Waals surface area contributed by atoms with Crippen molar-refractivity contribution in [3.05, 3.63) is 23.0 Å². The summed E-state index contributed by atoms with van der Waals surface area (Å²) in [6.07, 6.45) is 1.74. The second-order valence-electron chi connectivity index (χ2n) is 5.05. The molecule has 0 aliphatic rings. The molecule has 0 saturated heterocycles. The van der Waals surface area contributed by atoms with Gasteiger partial charge < -0.3 is 4.74 Å². The van der Waals surface area contributed by atoms with Gasteiger partial charge >= 0.3 is 0 Å². The van der Waals surface area contributed by atoms with Crippen LogP contribution in [0.15, 0.2) is 12.3 Å². The number of rotatable bonds is 6. The van der Waals surface area contributed by atoms with Crippen molar-refractivity contribution in [2.75, 3.05) is 13.2 Å². The fourth-order valence-electron chi connectivity index (χ4n) is 2.01. The van der Waals surface area contributed by atoms with Crippen LogP contribution in [0.4, 0.5) is 0 Å². The number of hydrogen-bond acceptors (Lipinski definition) is 3. The Balaban J connectivity index is 2.52. The largest absolute Gasteiger partial charge is 0.492 e. The van der Waals surface area contributed by atoms with Crippen molar-refractivity contribution in [1.82, 2.24) is 9.88 Å². The molecule has 3 nitrogen and oxygen atoms in total. The SMILES string of the molecule is Cc1cnc(Cl)cc1OCCN(C(C)C)C(C)C. The van der Waals surface area contributed by atoms with Crippen molar-refractivity contribution < 1.29 is 4.74 Å². The van der Waals surface area contributed by atoms with Gasteiger partial charge in [-0.1, -0.05) is 11.6 Å². The molecule has 0 saturated carbocycles. The average Bonchev–Trinajstić information content (AvgIpc) is 2.27. The molecule has 1 rings (SSSR count). The lowest BCUT2D eigenvalue weighted by atomic mass is 10.2. The number of hydrogen-bond donors (Lipinski definition) is 0. The minimum Gasteiger partial charge on any atom is -0.492 e. The molecular formula is C14H23ClN2O. The minimum absolute atomic E-state index is 0.472. The normalized spacial score (nSPS) is 11.6. The van der Waals surface area contributed by atoms with E-state index in [9.17, 15) is 0 Å². The van der Waals surface area contributed by atoms with Crippen LogP contribution in [0, 0.1) is 6.92 Å². The molecular weight excluding hydrogens is 248 g/mol. The van der Waals surface area contributed by atoms with E-state index in [2.05, 4.69) is 37.6 Å². The van der Waals surface area contributed by atoms with Gasteiger partial charge in [0.25, 0.3) is 0 Å². The molecule has 0 bridgehead atoms. The predicted octanol–water partition coefficient (Wildman–Crippen LogP) is 3.54. The molecule has 1 aromatic heterocycles. The maximum absolute atomic E-state index is 5.86. The quantitative estimate of drug-likeness (QED) is 0.740. The molecule has 0 aromatic carbocycles. The Kier molecular flexibility index (Phi) is 5.89. The van der Waals surface area contributed by atoms with Crippen LogP contribution in [0.3, 0.4) is 0 Å². The highest BCUT2D eigenvalue weighted by molar-refractivity contribution is 6.29. The Morgan fingerprint density at radius 1 is 1.28 bits per heavy atom. The molecule has 0 amide bonds. The number of nitrogens with zero attached hydrogens (tertiary/aromatic N) is 2. The summed E-state index contributed by atoms with van der Waals surface area (Å²) in [5.74, 6) is 0.822. The molecule has 0 spiro atoms. The van der Waals surface area contributed by atoms with Gasteiger partial charge in [0.1, 0.15) is 17.5 Å². The van der Waals surface area contributed by atoms with Gasteiger partial charge in [-0.2, -0.15) is 0 Å². The fraction of sp³-hybridized carbons (Fsp3) is 0.643. The zero-order valence-corrected chi connectivity index (χ0v) is 12.7. The Morgan fingerprint density at radius 2 is 1.89 bits per heavy atom. The number of aryl methyl sites for hydroxylation is 1. The maximum Gasteiger partial charge on any atom is 0.132 e. The standard InChI is InChI=1S/C14H23ClN2O/c1-10(2)17(11(3)4)6-7-18-13-8-14(15)16-9-12(13)5/h8-11H,6-7H2,1-5H3. The lowest BCUT2D eigenvalue weighted by molar-refractivity contribution is 0.141. The molecule has 0 fully saturated rings. The van der Waals surface area contributed by atoms with Gasteiger partial charge in [0.15, 0.2) is 0 Å². The zero-order valence-electron chi connectivity index (χ0n) is 11.9. The summed E-state index contributed by atoms with van der Waals surface area (Å²) in [6.45, 7) is 12.4. The minimum atomic E-state index is 0.472. The molecule has 0 aliphatic heterocycles. The third kappa shape index (κ3) is 4.46. The van der Waals surface area contributed by atoms with Crippen LogP contribution < -0.4 is 4.74 Å². The first kappa shape index (κ1) is 15.3. The van der Waals surface area contributed by atoms with Crippen molar-refractivity contribution in [2.45, 2.75) is 46.7 Å². The van der Waals surface area contributed by atoms with Gasteiger partial charge in [-0.05, 0) is 34.6 Å². The monoisotopic (exact) mass is 270 g/mol. The van der Waals surface area contributed by atoms with Crippen LogP contribution in [0.25, 0.3) is 0 Å². The molecule has 1 heterocycles. The van der Waals surface area contributed by atoms with Gasteiger partial charge in [0, 0.05) is 36.5 Å². The van der Waals surface area contributed by atoms with Crippen LogP contribution in [0.2, 0.25) is 5.15 Å². The fourth-order valence-corrected chi connectivity index (χ4v) is 2.16. The lowest BCUT2D eigenvalue weighted by Gasteiger charge is -2.30. The van der Waals surface area contributed by atoms with E-state index in [0.717, 1.165) is 17.9 Å². The van der Waals surface area contributed by atoms with Crippen molar-refractivity contribution in [3.8, 4) is 5.75 Å². The van der Waals surface area contributed by atoms with Crippen molar-refractivity contribution in [1.29, 1.82) is 0 Å². The van der Waals surface area contributed by atoms with Gasteiger partial charge in [-0.15, -0.1) is 0 Å². The highest BCUT2D eigenvalue weighted by Crippen LogP contribution is 2.20. The van der Waals surface area contributed by atoms with E-state index in [4.69, 9.17) is 16.3 Å². The Hall–Kier alpha value is -0.800. The van der Waals surface area contributed by atoms with E-state index in [1.807, 2.05) is 6.92 Å². The summed E-state index contributed by atoms with van der Waals surface area (Å²) in [4.78, 5) is 6.41. The van der Waals surface area contributed by atoms with E-state index in [-0.39, 0.29) is 0 Å². The van der Waals surface area contributed by atoms with Gasteiger partial charge in [0.2, 0.25) is 0 Å². The van der Waals surface area contributed by atoms with E-state index >= 15 is 0 Å². The molecule has 0 atom stereocenters. The Bertz CT molecular complexity index is 372. The van der Waals surface area contributed by atoms with Crippen molar-refractivity contribution in [2.24, 2.45) is 0 Å². The molecule has 0 radical (unpaired) electrons. The lowest BCUT2D eigenvalue weighted by Crippen LogP contribution is -2.39. The molecule has 0 aliphatic carbocycles. The van der Waals surface area contributed by atoms with Crippen molar-refractivity contribution in [3.63, 3.8) is 0 Å². The number of ether oxygens (including phenoxy) is 1. The maximum atomic E-state index is 5.86. The summed E-state index contributed by atoms with van der Waals surface area (Å²) < 4.78 is 5.78. The van der Waals surface area contributed by atoms with E-state index < -0.39 is 0 Å². The first-order valence-electron chi connectivity index (χ1n) is 6.42. The van der Waals surface area contributed by atoms with E-state index in [1.165, 1.54) is 0 Å². The second kappa shape index (κ2) is 6.95. The summed E-state index contributed by atoms with van der Waals surface area (Å²) in [7, 11) is 0. The topological polar surface area (TPSA) is 25.4 Å². The third-order valence-electron chi connectivity index (χ3n) is 2.95. The van der Waals surface area contributed by atoms with Crippen LogP contribution in [0.1, 0.15) is 33.3 Å². The van der Waals surface area contributed by atoms with Crippen LogP contribution >= 0.6 is 11.6 Å². The first-order valence-corrected chi connectivity index (χ1v) is 6.80. The first-order chi connectivity index (χ1) is 8.41. The van der Waals surface area contributed by atoms with E-state index in [0.29, 0.717) is 23.8 Å². The summed E-state index contributed by atoms with van der Waals surface area (Å²) in [5, 5.41) is 0.472. The van der Waals surface area contributed by atoms with Crippen LogP contribution in [-0.4, -0.2) is 35.1 Å². The smallest absolute Gasteiger partial charge is 0.132 e. The summed E-state index contributed by atoms with van der Waals surface area (Å²) >= 11 is 5.86. The predicted molar refractivity (Wildman–Crippen MR) is 76.5 cm³/mol. The van der Waals surface area contributed by atoms with Gasteiger partial charge in [-0.25, -0.2) is 4.98 Å². The Morgan fingerprint density at radius 3 is 2.44 bits per heavy atom. The highest BCUT2D eigenvalue weighted by atomic mass is 35.5. The summed E-state index contributed by atoms with van der Waals surface area (Å²) in [5.41, 5.74) is 1.01. The third-order valence-corrected chi connectivity index (χ3v) is 3.16. The van der Waals surface area contributed by atoms with Gasteiger partial charge in [-0.3, -0.25) is 4.90 Å². The van der Waals surface area contributed by atoms with Crippen LogP contribution in [-0.2, 0) is 0 Å². The molecule has 0 N–H and O–H groups in total. The second-order valence-corrected chi connectivity index (χ2v) is 5.43.